The SMILES string of the molecule is NC(=NO)c1cc(CN2Cc3ccccc3C2)ccn1. The maximum atomic E-state index is 8.69. The van der Waals surface area contributed by atoms with Crippen LogP contribution in [0, 0.1) is 0 Å². The van der Waals surface area contributed by atoms with Crippen LogP contribution in [-0.2, 0) is 19.6 Å². The van der Waals surface area contributed by atoms with E-state index in [0.29, 0.717) is 5.69 Å². The zero-order valence-corrected chi connectivity index (χ0v) is 11.0. The van der Waals surface area contributed by atoms with Gasteiger partial charge in [-0.05, 0) is 28.8 Å². The van der Waals surface area contributed by atoms with E-state index in [1.54, 1.807) is 6.20 Å². The van der Waals surface area contributed by atoms with Crippen molar-refractivity contribution in [3.05, 3.63) is 65.0 Å². The monoisotopic (exact) mass is 268 g/mol. The zero-order chi connectivity index (χ0) is 13.9. The van der Waals surface area contributed by atoms with Crippen LogP contribution in [-0.4, -0.2) is 20.9 Å². The van der Waals surface area contributed by atoms with E-state index in [1.165, 1.54) is 11.1 Å². The molecule has 0 aliphatic carbocycles. The summed E-state index contributed by atoms with van der Waals surface area (Å²) in [7, 11) is 0. The fraction of sp³-hybridized carbons (Fsp3) is 0.200. The molecule has 0 spiro atoms. The van der Waals surface area contributed by atoms with Crippen LogP contribution < -0.4 is 5.73 Å². The Morgan fingerprint density at radius 2 is 1.95 bits per heavy atom. The number of hydrogen-bond acceptors (Lipinski definition) is 4. The molecule has 0 amide bonds. The lowest BCUT2D eigenvalue weighted by Gasteiger charge is -2.15. The van der Waals surface area contributed by atoms with Gasteiger partial charge in [0.05, 0.1) is 0 Å². The van der Waals surface area contributed by atoms with Crippen molar-refractivity contribution in [1.29, 1.82) is 0 Å². The second kappa shape index (κ2) is 5.30. The highest BCUT2D eigenvalue weighted by Crippen LogP contribution is 2.23. The summed E-state index contributed by atoms with van der Waals surface area (Å²) in [6.45, 7) is 2.73. The first kappa shape index (κ1) is 12.6. The number of amidine groups is 1. The molecule has 0 saturated carbocycles. The number of oxime groups is 1. The number of hydrogen-bond donors (Lipinski definition) is 2. The molecule has 0 bridgehead atoms. The Hall–Kier alpha value is -2.40. The maximum absolute atomic E-state index is 8.69. The first-order valence-electron chi connectivity index (χ1n) is 6.48. The van der Waals surface area contributed by atoms with Crippen LogP contribution in [0.5, 0.6) is 0 Å². The van der Waals surface area contributed by atoms with Crippen molar-refractivity contribution in [2.45, 2.75) is 19.6 Å². The Morgan fingerprint density at radius 3 is 2.60 bits per heavy atom. The average Bonchev–Trinajstić information content (AvgIpc) is 2.88. The standard InChI is InChI=1S/C15H16N4O/c16-15(18-20)14-7-11(5-6-17-14)8-19-9-12-3-1-2-4-13(12)10-19/h1-7,20H,8-10H2,(H2,16,18). The molecule has 5 heteroatoms. The average molecular weight is 268 g/mol. The van der Waals surface area contributed by atoms with E-state index < -0.39 is 0 Å². The highest BCUT2D eigenvalue weighted by atomic mass is 16.4. The van der Waals surface area contributed by atoms with Gasteiger partial charge in [-0.1, -0.05) is 29.4 Å². The minimum Gasteiger partial charge on any atom is -0.409 e. The van der Waals surface area contributed by atoms with Gasteiger partial charge in [0.1, 0.15) is 5.69 Å². The molecular weight excluding hydrogens is 252 g/mol. The second-order valence-corrected chi connectivity index (χ2v) is 4.95. The first-order chi connectivity index (χ1) is 9.76. The lowest BCUT2D eigenvalue weighted by atomic mass is 10.1. The molecule has 0 radical (unpaired) electrons. The van der Waals surface area contributed by atoms with Crippen molar-refractivity contribution in [2.75, 3.05) is 0 Å². The number of benzene rings is 1. The van der Waals surface area contributed by atoms with Gasteiger partial charge in [-0.3, -0.25) is 9.88 Å². The van der Waals surface area contributed by atoms with Crippen LogP contribution in [0.25, 0.3) is 0 Å². The lowest BCUT2D eigenvalue weighted by molar-refractivity contribution is 0.275. The van der Waals surface area contributed by atoms with Gasteiger partial charge in [0.25, 0.3) is 0 Å². The normalized spacial score (nSPS) is 15.3. The molecule has 1 aromatic heterocycles. The van der Waals surface area contributed by atoms with Crippen molar-refractivity contribution >= 4 is 5.84 Å². The predicted octanol–water partition coefficient (Wildman–Crippen LogP) is 1.69. The number of aromatic nitrogens is 1. The summed E-state index contributed by atoms with van der Waals surface area (Å²) < 4.78 is 0. The predicted molar refractivity (Wildman–Crippen MR) is 76.1 cm³/mol. The minimum atomic E-state index is 0.0385. The summed E-state index contributed by atoms with van der Waals surface area (Å²) in [6.07, 6.45) is 1.69. The molecule has 1 aliphatic heterocycles. The molecular formula is C15H16N4O. The number of pyridine rings is 1. The van der Waals surface area contributed by atoms with Gasteiger partial charge in [-0.25, -0.2) is 0 Å². The highest BCUT2D eigenvalue weighted by molar-refractivity contribution is 5.95. The van der Waals surface area contributed by atoms with Gasteiger partial charge in [-0.15, -0.1) is 0 Å². The van der Waals surface area contributed by atoms with Crippen molar-refractivity contribution in [2.24, 2.45) is 10.9 Å². The molecule has 2 heterocycles. The van der Waals surface area contributed by atoms with Crippen molar-refractivity contribution < 1.29 is 5.21 Å². The summed E-state index contributed by atoms with van der Waals surface area (Å²) in [5.41, 5.74) is 9.95. The van der Waals surface area contributed by atoms with Crippen LogP contribution in [0.2, 0.25) is 0 Å². The summed E-state index contributed by atoms with van der Waals surface area (Å²) in [4.78, 5) is 6.45. The van der Waals surface area contributed by atoms with Gasteiger partial charge < -0.3 is 10.9 Å². The largest absolute Gasteiger partial charge is 0.409 e. The summed E-state index contributed by atoms with van der Waals surface area (Å²) in [6, 6.07) is 12.3. The summed E-state index contributed by atoms with van der Waals surface area (Å²) in [5, 5.41) is 11.7. The Bertz CT molecular complexity index is 629. The van der Waals surface area contributed by atoms with Gasteiger partial charge >= 0.3 is 0 Å². The molecule has 0 saturated heterocycles. The van der Waals surface area contributed by atoms with Crippen LogP contribution in [0.15, 0.2) is 47.8 Å². The fourth-order valence-electron chi connectivity index (χ4n) is 2.54. The van der Waals surface area contributed by atoms with E-state index in [2.05, 4.69) is 39.3 Å². The molecule has 1 aromatic carbocycles. The fourth-order valence-corrected chi connectivity index (χ4v) is 2.54. The Balaban J connectivity index is 1.74. The second-order valence-electron chi connectivity index (χ2n) is 4.95. The summed E-state index contributed by atoms with van der Waals surface area (Å²) >= 11 is 0. The van der Waals surface area contributed by atoms with E-state index in [-0.39, 0.29) is 5.84 Å². The number of fused-ring (bicyclic) bond motifs is 1. The van der Waals surface area contributed by atoms with E-state index >= 15 is 0 Å². The molecule has 2 aromatic rings. The van der Waals surface area contributed by atoms with E-state index in [9.17, 15) is 0 Å². The third-order valence-corrected chi connectivity index (χ3v) is 3.51. The van der Waals surface area contributed by atoms with Gasteiger partial charge in [0, 0.05) is 25.8 Å². The highest BCUT2D eigenvalue weighted by Gasteiger charge is 2.18. The molecule has 0 atom stereocenters. The van der Waals surface area contributed by atoms with Gasteiger partial charge in [-0.2, -0.15) is 0 Å². The van der Waals surface area contributed by atoms with Crippen molar-refractivity contribution in [3.63, 3.8) is 0 Å². The summed E-state index contributed by atoms with van der Waals surface area (Å²) in [5.74, 6) is 0.0385. The number of nitrogens with zero attached hydrogens (tertiary/aromatic N) is 3. The van der Waals surface area contributed by atoms with Gasteiger partial charge in [0.15, 0.2) is 5.84 Å². The van der Waals surface area contributed by atoms with Crippen LogP contribution in [0.3, 0.4) is 0 Å². The van der Waals surface area contributed by atoms with Crippen LogP contribution >= 0.6 is 0 Å². The molecule has 3 rings (SSSR count). The third-order valence-electron chi connectivity index (χ3n) is 3.51. The maximum Gasteiger partial charge on any atom is 0.188 e. The number of rotatable bonds is 3. The molecule has 0 unspecified atom stereocenters. The topological polar surface area (TPSA) is 74.7 Å². The third kappa shape index (κ3) is 2.48. The molecule has 102 valence electrons. The quantitative estimate of drug-likeness (QED) is 0.384. The number of nitrogens with two attached hydrogens (primary N) is 1. The van der Waals surface area contributed by atoms with E-state index in [1.807, 2.05) is 12.1 Å². The van der Waals surface area contributed by atoms with Gasteiger partial charge in [0.2, 0.25) is 0 Å². The van der Waals surface area contributed by atoms with E-state index in [0.717, 1.165) is 25.2 Å². The first-order valence-corrected chi connectivity index (χ1v) is 6.48. The Labute approximate surface area is 117 Å². The minimum absolute atomic E-state index is 0.0385. The smallest absolute Gasteiger partial charge is 0.188 e. The molecule has 20 heavy (non-hydrogen) atoms. The van der Waals surface area contributed by atoms with Crippen molar-refractivity contribution in [3.8, 4) is 0 Å². The van der Waals surface area contributed by atoms with Crippen LogP contribution in [0.1, 0.15) is 22.4 Å². The molecule has 3 N–H and O–H groups in total. The zero-order valence-electron chi connectivity index (χ0n) is 11.0. The Kier molecular flexibility index (Phi) is 3.35. The molecule has 1 aliphatic rings. The Morgan fingerprint density at radius 1 is 1.25 bits per heavy atom. The van der Waals surface area contributed by atoms with E-state index in [4.69, 9.17) is 10.9 Å². The molecule has 5 nitrogen and oxygen atoms in total. The van der Waals surface area contributed by atoms with Crippen molar-refractivity contribution in [1.82, 2.24) is 9.88 Å². The lowest BCUT2D eigenvalue weighted by Crippen LogP contribution is -2.18. The molecule has 0 fully saturated rings. The van der Waals surface area contributed by atoms with Crippen LogP contribution in [0.4, 0.5) is 0 Å².